The van der Waals surface area contributed by atoms with Gasteiger partial charge < -0.3 is 16.0 Å². The lowest BCUT2D eigenvalue weighted by atomic mass is 9.94. The van der Waals surface area contributed by atoms with Gasteiger partial charge in [0, 0.05) is 37.6 Å². The Labute approximate surface area is 219 Å². The molecule has 1 saturated heterocycles. The van der Waals surface area contributed by atoms with Gasteiger partial charge in [0.2, 0.25) is 11.9 Å². The van der Waals surface area contributed by atoms with Crippen LogP contribution in [0.25, 0.3) is 17.0 Å². The van der Waals surface area contributed by atoms with Gasteiger partial charge in [0.05, 0.1) is 16.8 Å². The van der Waals surface area contributed by atoms with Crippen molar-refractivity contribution >= 4 is 29.1 Å². The summed E-state index contributed by atoms with van der Waals surface area (Å²) in [6.45, 7) is 4.88. The zero-order chi connectivity index (χ0) is 26.2. The highest BCUT2D eigenvalue weighted by atomic mass is 16.2. The normalized spacial score (nSPS) is 17.4. The smallest absolute Gasteiger partial charge is 0.258 e. The fourth-order valence-corrected chi connectivity index (χ4v) is 5.12. The molecular weight excluding hydrogens is 480 g/mol. The Kier molecular flexibility index (Phi) is 6.07. The molecule has 5 heterocycles. The van der Waals surface area contributed by atoms with Gasteiger partial charge in [0.25, 0.3) is 5.91 Å². The van der Waals surface area contributed by atoms with Crippen LogP contribution in [0, 0.1) is 0 Å². The molecule has 1 saturated carbocycles. The monoisotopic (exact) mass is 508 g/mol. The van der Waals surface area contributed by atoms with Crippen molar-refractivity contribution in [1.29, 1.82) is 0 Å². The highest BCUT2D eigenvalue weighted by Gasteiger charge is 2.29. The van der Waals surface area contributed by atoms with E-state index in [9.17, 15) is 9.59 Å². The Morgan fingerprint density at radius 3 is 2.66 bits per heavy atom. The Morgan fingerprint density at radius 2 is 1.89 bits per heavy atom. The summed E-state index contributed by atoms with van der Waals surface area (Å²) in [6.07, 6.45) is 10.4. The molecule has 4 aromatic rings. The van der Waals surface area contributed by atoms with Gasteiger partial charge in [0.15, 0.2) is 5.82 Å². The van der Waals surface area contributed by atoms with Gasteiger partial charge >= 0.3 is 0 Å². The molecular formula is C28H28N8O2. The maximum absolute atomic E-state index is 12.9. The summed E-state index contributed by atoms with van der Waals surface area (Å²) in [6, 6.07) is 9.26. The third kappa shape index (κ3) is 4.49. The number of fused-ring (bicyclic) bond motifs is 1. The number of hydrogen-bond acceptors (Lipinski definition) is 7. The zero-order valence-electron chi connectivity index (χ0n) is 20.9. The van der Waals surface area contributed by atoms with E-state index in [4.69, 9.17) is 10.7 Å². The largest absolute Gasteiger partial charge is 0.369 e. The van der Waals surface area contributed by atoms with Crippen LogP contribution in [0.3, 0.4) is 0 Å². The van der Waals surface area contributed by atoms with Crippen LogP contribution >= 0.6 is 0 Å². The van der Waals surface area contributed by atoms with Gasteiger partial charge in [-0.1, -0.05) is 6.58 Å². The minimum absolute atomic E-state index is 0.0437. The first kappa shape index (κ1) is 23.8. The lowest BCUT2D eigenvalue weighted by Gasteiger charge is -2.31. The third-order valence-electron chi connectivity index (χ3n) is 7.23. The number of carbonyl (C=O) groups is 2. The number of carbonyl (C=O) groups excluding carboxylic acids is 2. The molecule has 0 aromatic carbocycles. The van der Waals surface area contributed by atoms with Crippen LogP contribution in [0.1, 0.15) is 59.1 Å². The van der Waals surface area contributed by atoms with Crippen molar-refractivity contribution in [1.82, 2.24) is 29.2 Å². The van der Waals surface area contributed by atoms with Gasteiger partial charge in [-0.05, 0) is 73.6 Å². The quantitative estimate of drug-likeness (QED) is 0.379. The van der Waals surface area contributed by atoms with Crippen molar-refractivity contribution in [3.63, 3.8) is 0 Å². The van der Waals surface area contributed by atoms with Crippen LogP contribution in [0.15, 0.2) is 61.6 Å². The number of imidazole rings is 1. The molecule has 38 heavy (non-hydrogen) atoms. The Bertz CT molecular complexity index is 1540. The second kappa shape index (κ2) is 9.70. The molecule has 0 bridgehead atoms. The summed E-state index contributed by atoms with van der Waals surface area (Å²) >= 11 is 0. The summed E-state index contributed by atoms with van der Waals surface area (Å²) < 4.78 is 1.78. The summed E-state index contributed by atoms with van der Waals surface area (Å²) in [5.41, 5.74) is 10.1. The molecule has 0 spiro atoms. The van der Waals surface area contributed by atoms with Crippen molar-refractivity contribution in [3.8, 4) is 11.5 Å². The molecule has 2 fully saturated rings. The van der Waals surface area contributed by atoms with Crippen LogP contribution in [0.5, 0.6) is 0 Å². The van der Waals surface area contributed by atoms with Crippen LogP contribution in [-0.2, 0) is 4.79 Å². The van der Waals surface area contributed by atoms with Crippen LogP contribution in [-0.4, -0.2) is 54.1 Å². The fourth-order valence-electron chi connectivity index (χ4n) is 5.12. The van der Waals surface area contributed by atoms with Crippen molar-refractivity contribution in [2.45, 2.75) is 37.5 Å². The number of aromatic nitrogens is 5. The Balaban J connectivity index is 1.28. The lowest BCUT2D eigenvalue weighted by molar-refractivity contribution is -0.127. The highest BCUT2D eigenvalue weighted by Crippen LogP contribution is 2.40. The number of rotatable bonds is 6. The summed E-state index contributed by atoms with van der Waals surface area (Å²) in [5, 5.41) is 2.86. The van der Waals surface area contributed by atoms with Gasteiger partial charge in [-0.3, -0.25) is 19.0 Å². The molecule has 1 aliphatic carbocycles. The Morgan fingerprint density at radius 1 is 1.05 bits per heavy atom. The average Bonchev–Trinajstić information content (AvgIpc) is 3.73. The van der Waals surface area contributed by atoms with Crippen LogP contribution < -0.4 is 11.1 Å². The second-order valence-corrected chi connectivity index (χ2v) is 9.81. The van der Waals surface area contributed by atoms with Crippen molar-refractivity contribution in [3.05, 3.63) is 78.4 Å². The molecule has 3 N–H and O–H groups in total. The van der Waals surface area contributed by atoms with E-state index in [0.29, 0.717) is 41.9 Å². The number of amides is 2. The molecule has 6 rings (SSSR count). The van der Waals surface area contributed by atoms with Crippen molar-refractivity contribution in [2.75, 3.05) is 24.1 Å². The van der Waals surface area contributed by atoms with Crippen LogP contribution in [0.4, 0.5) is 11.8 Å². The Hall–Kier alpha value is -4.60. The van der Waals surface area contributed by atoms with E-state index in [-0.39, 0.29) is 23.7 Å². The number of anilines is 2. The molecule has 1 aliphatic heterocycles. The standard InChI is InChI=1S/C28H28N8O2/c1-2-24(37)35-13-3-4-20(16-35)25-22-10-12-31-28(29)36(22)26(34-25)21-8-7-19(15-32-21)27(38)33-23-14-18(9-11-30-23)17-5-6-17/h2,7-12,14-15,17,20H,1,3-6,13,16H2,(H2,29,31)(H,30,33,38). The maximum Gasteiger partial charge on any atom is 0.258 e. The lowest BCUT2D eigenvalue weighted by Crippen LogP contribution is -2.38. The van der Waals surface area contributed by atoms with E-state index in [2.05, 4.69) is 26.8 Å². The highest BCUT2D eigenvalue weighted by molar-refractivity contribution is 6.03. The van der Waals surface area contributed by atoms with Crippen molar-refractivity contribution in [2.24, 2.45) is 0 Å². The second-order valence-electron chi connectivity index (χ2n) is 9.81. The van der Waals surface area contributed by atoms with Crippen molar-refractivity contribution < 1.29 is 9.59 Å². The van der Waals surface area contributed by atoms with Gasteiger partial charge in [0.1, 0.15) is 11.5 Å². The van der Waals surface area contributed by atoms with Gasteiger partial charge in [-0.2, -0.15) is 0 Å². The van der Waals surface area contributed by atoms with E-state index < -0.39 is 0 Å². The van der Waals surface area contributed by atoms with Crippen LogP contribution in [0.2, 0.25) is 0 Å². The van der Waals surface area contributed by atoms with E-state index in [1.54, 1.807) is 33.8 Å². The third-order valence-corrected chi connectivity index (χ3v) is 7.23. The predicted molar refractivity (Wildman–Crippen MR) is 144 cm³/mol. The molecule has 1 atom stereocenters. The molecule has 4 aromatic heterocycles. The number of nitrogens with two attached hydrogens (primary N) is 1. The number of pyridine rings is 2. The predicted octanol–water partition coefficient (Wildman–Crippen LogP) is 3.79. The molecule has 1 unspecified atom stereocenters. The van der Waals surface area contributed by atoms with Gasteiger partial charge in [-0.25, -0.2) is 15.0 Å². The number of nitrogen functional groups attached to an aromatic ring is 1. The number of piperidine rings is 1. The zero-order valence-corrected chi connectivity index (χ0v) is 20.9. The minimum Gasteiger partial charge on any atom is -0.369 e. The number of likely N-dealkylation sites (tertiary alicyclic amines) is 1. The fraction of sp³-hybridized carbons (Fsp3) is 0.286. The van der Waals surface area contributed by atoms with E-state index in [1.165, 1.54) is 30.7 Å². The molecule has 0 radical (unpaired) electrons. The summed E-state index contributed by atoms with van der Waals surface area (Å²) in [7, 11) is 0. The molecule has 10 heteroatoms. The first-order chi connectivity index (χ1) is 18.5. The van der Waals surface area contributed by atoms with E-state index in [0.717, 1.165) is 24.1 Å². The SMILES string of the molecule is C=CC(=O)N1CCCC(c2nc(-c3ccc(C(=O)Nc4cc(C5CC5)ccn4)cn3)n3c(N)nccc23)C1. The first-order valence-corrected chi connectivity index (χ1v) is 12.8. The van der Waals surface area contributed by atoms with E-state index >= 15 is 0 Å². The topological polar surface area (TPSA) is 131 Å². The van der Waals surface area contributed by atoms with Gasteiger partial charge in [-0.15, -0.1) is 0 Å². The number of nitrogens with one attached hydrogen (secondary N) is 1. The minimum atomic E-state index is -0.284. The first-order valence-electron chi connectivity index (χ1n) is 12.8. The summed E-state index contributed by atoms with van der Waals surface area (Å²) in [5.74, 6) is 1.61. The summed E-state index contributed by atoms with van der Waals surface area (Å²) in [4.78, 5) is 44.9. The number of hydrogen-bond donors (Lipinski definition) is 2. The van der Waals surface area contributed by atoms with E-state index in [1.807, 2.05) is 18.2 Å². The molecule has 192 valence electrons. The molecule has 10 nitrogen and oxygen atoms in total. The molecule has 2 amide bonds. The maximum atomic E-state index is 12.9. The average molecular weight is 509 g/mol. The number of nitrogens with zero attached hydrogens (tertiary/aromatic N) is 6. The molecule has 2 aliphatic rings.